The highest BCUT2D eigenvalue weighted by Gasteiger charge is 2.28. The summed E-state index contributed by atoms with van der Waals surface area (Å²) < 4.78 is 0. The van der Waals surface area contributed by atoms with Crippen molar-refractivity contribution in [1.82, 2.24) is 4.90 Å². The Labute approximate surface area is 135 Å². The minimum atomic E-state index is -1.02. The summed E-state index contributed by atoms with van der Waals surface area (Å²) in [5.41, 5.74) is 1.71. The van der Waals surface area contributed by atoms with Crippen molar-refractivity contribution in [2.45, 2.75) is 25.3 Å². The lowest BCUT2D eigenvalue weighted by Crippen LogP contribution is -2.38. The molecule has 0 aromatic heterocycles. The van der Waals surface area contributed by atoms with Crippen LogP contribution in [-0.4, -0.2) is 28.4 Å². The first-order valence-corrected chi connectivity index (χ1v) is 7.86. The number of carbonyl (C=O) groups is 2. The second-order valence-corrected chi connectivity index (χ2v) is 5.81. The van der Waals surface area contributed by atoms with E-state index in [2.05, 4.69) is 0 Å². The maximum atomic E-state index is 12.9. The standard InChI is InChI=1S/C19H19NO3/c21-18(15-9-6-10-16(13-15)19(22)23)20-12-5-4-11-17(20)14-7-2-1-3-8-14/h1-3,6-10,13,17H,4-5,11-12H2,(H,22,23). The number of likely N-dealkylation sites (tertiary alicyclic amines) is 1. The Morgan fingerprint density at radius 3 is 2.43 bits per heavy atom. The zero-order valence-electron chi connectivity index (χ0n) is 12.8. The molecule has 1 N–H and O–H groups in total. The molecule has 1 atom stereocenters. The maximum absolute atomic E-state index is 12.9. The molecule has 2 aromatic carbocycles. The fourth-order valence-electron chi connectivity index (χ4n) is 3.15. The van der Waals surface area contributed by atoms with Crippen molar-refractivity contribution in [1.29, 1.82) is 0 Å². The van der Waals surface area contributed by atoms with Crippen molar-refractivity contribution < 1.29 is 14.7 Å². The number of carboxylic acids is 1. The van der Waals surface area contributed by atoms with Gasteiger partial charge >= 0.3 is 5.97 Å². The molecule has 4 heteroatoms. The van der Waals surface area contributed by atoms with Gasteiger partial charge in [-0.2, -0.15) is 0 Å². The average molecular weight is 309 g/mol. The van der Waals surface area contributed by atoms with Crippen LogP contribution in [0.1, 0.15) is 51.6 Å². The van der Waals surface area contributed by atoms with Gasteiger partial charge < -0.3 is 10.0 Å². The monoisotopic (exact) mass is 309 g/mol. The van der Waals surface area contributed by atoms with Crippen molar-refractivity contribution in [3.05, 3.63) is 71.3 Å². The number of benzene rings is 2. The van der Waals surface area contributed by atoms with Gasteiger partial charge in [0.05, 0.1) is 11.6 Å². The van der Waals surface area contributed by atoms with Crippen LogP contribution in [0.4, 0.5) is 0 Å². The van der Waals surface area contributed by atoms with Crippen LogP contribution in [0.2, 0.25) is 0 Å². The van der Waals surface area contributed by atoms with Gasteiger partial charge in [-0.1, -0.05) is 36.4 Å². The Morgan fingerprint density at radius 1 is 0.957 bits per heavy atom. The highest BCUT2D eigenvalue weighted by atomic mass is 16.4. The van der Waals surface area contributed by atoms with E-state index >= 15 is 0 Å². The minimum Gasteiger partial charge on any atom is -0.478 e. The van der Waals surface area contributed by atoms with Gasteiger partial charge in [0.1, 0.15) is 0 Å². The molecular formula is C19H19NO3. The van der Waals surface area contributed by atoms with Gasteiger partial charge in [0.15, 0.2) is 0 Å². The molecule has 0 radical (unpaired) electrons. The molecule has 23 heavy (non-hydrogen) atoms. The molecule has 1 unspecified atom stereocenters. The number of nitrogens with zero attached hydrogens (tertiary/aromatic N) is 1. The van der Waals surface area contributed by atoms with Crippen molar-refractivity contribution in [2.75, 3.05) is 6.54 Å². The van der Waals surface area contributed by atoms with E-state index in [1.807, 2.05) is 35.2 Å². The van der Waals surface area contributed by atoms with E-state index in [1.54, 1.807) is 12.1 Å². The fourth-order valence-corrected chi connectivity index (χ4v) is 3.15. The Kier molecular flexibility index (Phi) is 4.42. The molecular weight excluding hydrogens is 290 g/mol. The van der Waals surface area contributed by atoms with Gasteiger partial charge in [0, 0.05) is 12.1 Å². The zero-order valence-corrected chi connectivity index (χ0v) is 12.8. The van der Waals surface area contributed by atoms with Crippen LogP contribution in [-0.2, 0) is 0 Å². The van der Waals surface area contributed by atoms with Crippen molar-refractivity contribution in [2.24, 2.45) is 0 Å². The molecule has 0 spiro atoms. The molecule has 118 valence electrons. The quantitative estimate of drug-likeness (QED) is 0.939. The summed E-state index contributed by atoms with van der Waals surface area (Å²) in [5, 5.41) is 9.11. The van der Waals surface area contributed by atoms with E-state index in [1.165, 1.54) is 12.1 Å². The Hall–Kier alpha value is -2.62. The molecule has 1 aliphatic rings. The van der Waals surface area contributed by atoms with Gasteiger partial charge in [-0.3, -0.25) is 4.79 Å². The first-order chi connectivity index (χ1) is 11.2. The van der Waals surface area contributed by atoms with Crippen LogP contribution >= 0.6 is 0 Å². The van der Waals surface area contributed by atoms with Crippen LogP contribution < -0.4 is 0 Å². The van der Waals surface area contributed by atoms with E-state index in [0.29, 0.717) is 12.1 Å². The lowest BCUT2D eigenvalue weighted by atomic mass is 9.94. The molecule has 1 aliphatic heterocycles. The lowest BCUT2D eigenvalue weighted by molar-refractivity contribution is 0.0611. The number of hydrogen-bond donors (Lipinski definition) is 1. The topological polar surface area (TPSA) is 57.6 Å². The maximum Gasteiger partial charge on any atom is 0.335 e. The van der Waals surface area contributed by atoms with Gasteiger partial charge in [0.2, 0.25) is 0 Å². The molecule has 0 bridgehead atoms. The summed E-state index contributed by atoms with van der Waals surface area (Å²) in [5.74, 6) is -1.11. The van der Waals surface area contributed by atoms with Crippen LogP contribution in [0.5, 0.6) is 0 Å². The normalized spacial score (nSPS) is 17.7. The zero-order chi connectivity index (χ0) is 16.2. The highest BCUT2D eigenvalue weighted by Crippen LogP contribution is 2.32. The van der Waals surface area contributed by atoms with Crippen LogP contribution in [0.15, 0.2) is 54.6 Å². The number of hydrogen-bond acceptors (Lipinski definition) is 2. The molecule has 4 nitrogen and oxygen atoms in total. The second-order valence-electron chi connectivity index (χ2n) is 5.81. The molecule has 1 fully saturated rings. The van der Waals surface area contributed by atoms with E-state index in [4.69, 9.17) is 5.11 Å². The largest absolute Gasteiger partial charge is 0.478 e. The number of aromatic carboxylic acids is 1. The molecule has 1 heterocycles. The summed E-state index contributed by atoms with van der Waals surface area (Å²) in [6.45, 7) is 0.704. The molecule has 1 saturated heterocycles. The van der Waals surface area contributed by atoms with E-state index < -0.39 is 5.97 Å². The Balaban J connectivity index is 1.90. The minimum absolute atomic E-state index is 0.0611. The Bertz CT molecular complexity index is 712. The first kappa shape index (κ1) is 15.3. The van der Waals surface area contributed by atoms with Crippen LogP contribution in [0.3, 0.4) is 0 Å². The molecule has 0 saturated carbocycles. The molecule has 0 aliphatic carbocycles. The predicted octanol–water partition coefficient (Wildman–Crippen LogP) is 3.75. The van der Waals surface area contributed by atoms with Gasteiger partial charge in [-0.25, -0.2) is 4.79 Å². The summed E-state index contributed by atoms with van der Waals surface area (Å²) in [4.78, 5) is 25.9. The number of carboxylic acid groups (broad SMARTS) is 1. The summed E-state index contributed by atoms with van der Waals surface area (Å²) >= 11 is 0. The number of rotatable bonds is 3. The summed E-state index contributed by atoms with van der Waals surface area (Å²) in [7, 11) is 0. The Morgan fingerprint density at radius 2 is 1.70 bits per heavy atom. The number of carbonyl (C=O) groups excluding carboxylic acids is 1. The van der Waals surface area contributed by atoms with Gasteiger partial charge in [-0.15, -0.1) is 0 Å². The summed E-state index contributed by atoms with van der Waals surface area (Å²) in [6.07, 6.45) is 3.01. The van der Waals surface area contributed by atoms with Crippen molar-refractivity contribution >= 4 is 11.9 Å². The molecule has 2 aromatic rings. The highest BCUT2D eigenvalue weighted by molar-refractivity contribution is 5.97. The van der Waals surface area contributed by atoms with Crippen LogP contribution in [0.25, 0.3) is 0 Å². The first-order valence-electron chi connectivity index (χ1n) is 7.86. The molecule has 1 amide bonds. The number of amides is 1. The average Bonchev–Trinajstić information content (AvgIpc) is 2.62. The third-order valence-corrected chi connectivity index (χ3v) is 4.30. The smallest absolute Gasteiger partial charge is 0.335 e. The number of piperidine rings is 1. The van der Waals surface area contributed by atoms with E-state index in [-0.39, 0.29) is 17.5 Å². The van der Waals surface area contributed by atoms with Crippen LogP contribution in [0, 0.1) is 0 Å². The third kappa shape index (κ3) is 3.26. The van der Waals surface area contributed by atoms with Gasteiger partial charge in [0.25, 0.3) is 5.91 Å². The lowest BCUT2D eigenvalue weighted by Gasteiger charge is -2.36. The molecule has 3 rings (SSSR count). The van der Waals surface area contributed by atoms with Gasteiger partial charge in [-0.05, 0) is 43.0 Å². The third-order valence-electron chi connectivity index (χ3n) is 4.30. The van der Waals surface area contributed by atoms with Crippen molar-refractivity contribution in [3.63, 3.8) is 0 Å². The van der Waals surface area contributed by atoms with E-state index in [9.17, 15) is 9.59 Å². The van der Waals surface area contributed by atoms with E-state index in [0.717, 1.165) is 24.8 Å². The van der Waals surface area contributed by atoms with Crippen molar-refractivity contribution in [3.8, 4) is 0 Å². The predicted molar refractivity (Wildman–Crippen MR) is 87.5 cm³/mol. The fraction of sp³-hybridized carbons (Fsp3) is 0.263. The SMILES string of the molecule is O=C(O)c1cccc(C(=O)N2CCCCC2c2ccccc2)c1. The second kappa shape index (κ2) is 6.65. The summed E-state index contributed by atoms with van der Waals surface area (Å²) in [6, 6.07) is 16.4.